The SMILES string of the molecule is CC(C)(C)c1cc(Oc2[c-]c3c(cc2)c2cc(C(C)(C)C)ccc2n3-c2cc(C(C)(C)C)ccn2)[c-]c(N2[CH-]N(c3cc(C(C)(C)c4ccccc4)cc(C(C)(C)c4ccccc4)c3)c3ccccc32)c1.[Pt]. The number of hydrogen-bond acceptors (Lipinski definition) is 4. The van der Waals surface area contributed by atoms with Gasteiger partial charge in [-0.2, -0.15) is 6.07 Å². The average Bonchev–Trinajstić information content (AvgIpc) is 3.89. The fraction of sp³-hybridized carbons (Fsp3) is 0.273. The summed E-state index contributed by atoms with van der Waals surface area (Å²) in [6, 6.07) is 64.8. The summed E-state index contributed by atoms with van der Waals surface area (Å²) in [7, 11) is 0. The summed E-state index contributed by atoms with van der Waals surface area (Å²) >= 11 is 0. The molecule has 0 saturated heterocycles. The van der Waals surface area contributed by atoms with E-state index in [1.54, 1.807) is 0 Å². The molecule has 5 nitrogen and oxygen atoms in total. The van der Waals surface area contributed by atoms with Crippen LogP contribution in [-0.2, 0) is 48.1 Å². The molecule has 0 saturated carbocycles. The van der Waals surface area contributed by atoms with E-state index in [9.17, 15) is 0 Å². The van der Waals surface area contributed by atoms with Crippen molar-refractivity contribution >= 4 is 44.6 Å². The molecule has 0 aliphatic carbocycles. The Bertz CT molecular complexity index is 3370. The molecule has 9 aromatic rings. The Labute approximate surface area is 443 Å². The predicted molar refractivity (Wildman–Crippen MR) is 297 cm³/mol. The van der Waals surface area contributed by atoms with E-state index in [4.69, 9.17) is 9.72 Å². The Hall–Kier alpha value is -6.42. The van der Waals surface area contributed by atoms with E-state index in [-0.39, 0.29) is 48.1 Å². The van der Waals surface area contributed by atoms with Crippen molar-refractivity contribution in [2.45, 2.75) is 117 Å². The molecule has 0 fully saturated rings. The molecule has 0 amide bonds. The quantitative estimate of drug-likeness (QED) is 0.135. The summed E-state index contributed by atoms with van der Waals surface area (Å²) in [6.45, 7) is 31.8. The maximum Gasteiger partial charge on any atom is 0.135 e. The molecule has 0 spiro atoms. The second kappa shape index (κ2) is 18.6. The normalized spacial score (nSPS) is 13.4. The van der Waals surface area contributed by atoms with Gasteiger partial charge in [0.15, 0.2) is 0 Å². The molecule has 370 valence electrons. The summed E-state index contributed by atoms with van der Waals surface area (Å²) in [5.74, 6) is 2.09. The third-order valence-corrected chi connectivity index (χ3v) is 14.8. The van der Waals surface area contributed by atoms with Crippen LogP contribution in [0.5, 0.6) is 11.5 Å². The van der Waals surface area contributed by atoms with Crippen LogP contribution >= 0.6 is 0 Å². The first-order valence-electron chi connectivity index (χ1n) is 25.1. The van der Waals surface area contributed by atoms with E-state index in [2.05, 4.69) is 275 Å². The second-order valence-corrected chi connectivity index (χ2v) is 23.6. The Balaban J connectivity index is 0.00000640. The summed E-state index contributed by atoms with van der Waals surface area (Å²) in [5, 5.41) is 2.27. The summed E-state index contributed by atoms with van der Waals surface area (Å²) < 4.78 is 9.20. The average molecular weight is 1130 g/mol. The van der Waals surface area contributed by atoms with Gasteiger partial charge in [0.05, 0.1) is 0 Å². The van der Waals surface area contributed by atoms with Crippen LogP contribution in [0.2, 0.25) is 0 Å². The smallest absolute Gasteiger partial charge is 0.135 e. The molecule has 10 rings (SSSR count). The summed E-state index contributed by atoms with van der Waals surface area (Å²) in [4.78, 5) is 9.57. The number of aromatic nitrogens is 2. The number of nitrogens with zero attached hydrogens (tertiary/aromatic N) is 4. The Morgan fingerprint density at radius 1 is 0.444 bits per heavy atom. The van der Waals surface area contributed by atoms with Gasteiger partial charge in [-0.1, -0.05) is 187 Å². The van der Waals surface area contributed by atoms with Crippen LogP contribution < -0.4 is 14.5 Å². The van der Waals surface area contributed by atoms with Crippen molar-refractivity contribution in [2.75, 3.05) is 9.80 Å². The van der Waals surface area contributed by atoms with Crippen LogP contribution in [0, 0.1) is 18.8 Å². The predicted octanol–water partition coefficient (Wildman–Crippen LogP) is 17.5. The van der Waals surface area contributed by atoms with Crippen molar-refractivity contribution in [1.82, 2.24) is 9.55 Å². The number of ether oxygens (including phenoxy) is 1. The number of anilines is 4. The van der Waals surface area contributed by atoms with Crippen molar-refractivity contribution < 1.29 is 25.8 Å². The van der Waals surface area contributed by atoms with Gasteiger partial charge in [-0.25, -0.2) is 4.98 Å². The van der Waals surface area contributed by atoms with Crippen molar-refractivity contribution in [3.63, 3.8) is 0 Å². The molecule has 72 heavy (non-hydrogen) atoms. The topological polar surface area (TPSA) is 33.5 Å². The number of fused-ring (bicyclic) bond motifs is 4. The molecule has 0 bridgehead atoms. The van der Waals surface area contributed by atoms with Crippen LogP contribution in [0.3, 0.4) is 0 Å². The first-order valence-corrected chi connectivity index (χ1v) is 25.1. The van der Waals surface area contributed by atoms with Gasteiger partial charge >= 0.3 is 0 Å². The minimum atomic E-state index is -0.268. The monoisotopic (exact) mass is 1130 g/mol. The first-order chi connectivity index (χ1) is 33.6. The molecule has 0 atom stereocenters. The van der Waals surface area contributed by atoms with Gasteiger partial charge < -0.3 is 19.1 Å². The fourth-order valence-electron chi connectivity index (χ4n) is 9.98. The van der Waals surface area contributed by atoms with E-state index in [0.717, 1.165) is 50.6 Å². The number of benzene rings is 7. The van der Waals surface area contributed by atoms with E-state index in [1.165, 1.54) is 38.8 Å². The van der Waals surface area contributed by atoms with Crippen LogP contribution in [0.1, 0.15) is 129 Å². The van der Waals surface area contributed by atoms with Crippen molar-refractivity contribution in [3.05, 3.63) is 222 Å². The maximum absolute atomic E-state index is 6.96. The van der Waals surface area contributed by atoms with E-state index in [1.807, 2.05) is 12.3 Å². The maximum atomic E-state index is 6.96. The molecular formula is C66H67N4OPt-3. The van der Waals surface area contributed by atoms with E-state index < -0.39 is 0 Å². The number of para-hydroxylation sites is 2. The van der Waals surface area contributed by atoms with Gasteiger partial charge in [0.2, 0.25) is 0 Å². The summed E-state index contributed by atoms with van der Waals surface area (Å²) in [5.41, 5.74) is 14.0. The second-order valence-electron chi connectivity index (χ2n) is 23.6. The van der Waals surface area contributed by atoms with Crippen LogP contribution in [0.25, 0.3) is 27.6 Å². The van der Waals surface area contributed by atoms with Crippen molar-refractivity contribution in [2.24, 2.45) is 0 Å². The molecule has 6 heteroatoms. The number of rotatable bonds is 9. The molecule has 7 aromatic carbocycles. The van der Waals surface area contributed by atoms with Gasteiger partial charge in [0.25, 0.3) is 0 Å². The van der Waals surface area contributed by atoms with Crippen molar-refractivity contribution in [1.29, 1.82) is 0 Å². The summed E-state index contributed by atoms with van der Waals surface area (Å²) in [6.07, 6.45) is 1.92. The Morgan fingerprint density at radius 3 is 1.58 bits per heavy atom. The van der Waals surface area contributed by atoms with Crippen LogP contribution in [0.15, 0.2) is 164 Å². The Morgan fingerprint density at radius 2 is 1.00 bits per heavy atom. The van der Waals surface area contributed by atoms with Gasteiger partial charge in [0, 0.05) is 72.2 Å². The zero-order valence-corrected chi connectivity index (χ0v) is 46.5. The minimum Gasteiger partial charge on any atom is -0.509 e. The molecule has 1 aliphatic heterocycles. The molecular weight excluding hydrogens is 1060 g/mol. The fourth-order valence-corrected chi connectivity index (χ4v) is 9.98. The molecule has 1 aliphatic rings. The third kappa shape index (κ3) is 9.42. The largest absolute Gasteiger partial charge is 0.509 e. The Kier molecular flexibility index (Phi) is 13.0. The zero-order valence-electron chi connectivity index (χ0n) is 44.2. The number of pyridine rings is 1. The third-order valence-electron chi connectivity index (χ3n) is 14.8. The van der Waals surface area contributed by atoms with E-state index in [0.29, 0.717) is 11.5 Å². The van der Waals surface area contributed by atoms with Gasteiger partial charge in [-0.05, 0) is 97.5 Å². The molecule has 0 radical (unpaired) electrons. The van der Waals surface area contributed by atoms with Gasteiger partial charge in [-0.15, -0.1) is 53.6 Å². The van der Waals surface area contributed by atoms with Crippen LogP contribution in [-0.4, -0.2) is 9.55 Å². The number of hydrogen-bond donors (Lipinski definition) is 0. The molecule has 3 heterocycles. The van der Waals surface area contributed by atoms with Crippen LogP contribution in [0.4, 0.5) is 22.7 Å². The first kappa shape index (κ1) is 50.5. The van der Waals surface area contributed by atoms with Crippen molar-refractivity contribution in [3.8, 4) is 17.3 Å². The minimum absolute atomic E-state index is 0. The molecule has 0 N–H and O–H groups in total. The standard InChI is InChI=1S/C66H67N4O.Pt/c1-62(2,3)46-28-31-57-56(39-46)55-30-29-53(42-60(55)70(57)61-40-47(32-33-67-61)63(4,5)6)71-54-38-48(64(7,8)9)35-52(41-54)69-43-68(58-26-20-21-27-59(58)69)51-36-49(65(10,11)44-22-16-14-17-23-44)34-50(37-51)66(12,13)45-24-18-15-19-25-45;/h14-40,43H,1-13H3;/q-3;. The van der Waals surface area contributed by atoms with Gasteiger partial charge in [-0.3, -0.25) is 0 Å². The molecule has 0 unspecified atom stereocenters. The molecule has 2 aromatic heterocycles. The zero-order chi connectivity index (χ0) is 50.3. The van der Waals surface area contributed by atoms with E-state index >= 15 is 0 Å². The van der Waals surface area contributed by atoms with Gasteiger partial charge in [0.1, 0.15) is 5.82 Å².